The van der Waals surface area contributed by atoms with Crippen molar-refractivity contribution in [2.75, 3.05) is 12.9 Å². The van der Waals surface area contributed by atoms with Gasteiger partial charge in [-0.3, -0.25) is 9.59 Å². The molecule has 3 atom stereocenters. The van der Waals surface area contributed by atoms with Gasteiger partial charge in [0.2, 0.25) is 5.91 Å². The van der Waals surface area contributed by atoms with Gasteiger partial charge in [-0.05, 0) is 5.92 Å². The number of rotatable bonds is 8. The minimum atomic E-state index is -1.62. The van der Waals surface area contributed by atoms with E-state index in [0.717, 1.165) is 7.11 Å². The van der Waals surface area contributed by atoms with Crippen molar-refractivity contribution in [3.8, 4) is 0 Å². The van der Waals surface area contributed by atoms with Crippen LogP contribution in [0.4, 0.5) is 0 Å². The third-order valence-corrected chi connectivity index (χ3v) is 3.90. The molecule has 9 heteroatoms. The zero-order valence-electron chi connectivity index (χ0n) is 12.9. The second kappa shape index (κ2) is 9.42. The molecule has 0 aromatic heterocycles. The number of thioether (sulfide) groups is 1. The second-order valence-corrected chi connectivity index (χ2v) is 5.98. The van der Waals surface area contributed by atoms with E-state index in [4.69, 9.17) is 5.11 Å². The number of amides is 1. The number of carboxylic acids is 1. The van der Waals surface area contributed by atoms with Gasteiger partial charge in [0.1, 0.15) is 6.04 Å². The Kier molecular flexibility index (Phi) is 8.73. The first kappa shape index (κ1) is 20.4. The quantitative estimate of drug-likeness (QED) is 0.513. The van der Waals surface area contributed by atoms with Gasteiger partial charge in [0, 0.05) is 12.7 Å². The van der Waals surface area contributed by atoms with Crippen LogP contribution in [0.25, 0.3) is 0 Å². The Morgan fingerprint density at radius 1 is 1.23 bits per heavy atom. The molecule has 0 aliphatic carbocycles. The number of aliphatic hydroxyl groups is 1. The van der Waals surface area contributed by atoms with E-state index in [1.807, 2.05) is 0 Å². The van der Waals surface area contributed by atoms with Crippen LogP contribution in [0.15, 0.2) is 0 Å². The van der Waals surface area contributed by atoms with E-state index in [1.54, 1.807) is 13.8 Å². The third-order valence-electron chi connectivity index (χ3n) is 2.84. The van der Waals surface area contributed by atoms with Crippen molar-refractivity contribution in [2.24, 2.45) is 11.8 Å². The highest BCUT2D eigenvalue weighted by Crippen LogP contribution is 2.24. The normalized spacial score (nSPS) is 14.8. The SMILES string of the molecule is COC(=O)[C@H](O)[C@@H](C(=O)SC[C@@H](NC(C)=O)C(=O)O)C(C)C. The number of methoxy groups -OCH3 is 1. The topological polar surface area (TPSA) is 130 Å². The molecule has 0 aromatic carbocycles. The molecule has 0 saturated heterocycles. The van der Waals surface area contributed by atoms with Crippen LogP contribution in [-0.2, 0) is 23.9 Å². The smallest absolute Gasteiger partial charge is 0.335 e. The summed E-state index contributed by atoms with van der Waals surface area (Å²) in [4.78, 5) is 45.4. The summed E-state index contributed by atoms with van der Waals surface area (Å²) in [6.07, 6.45) is -1.62. The average Bonchev–Trinajstić information content (AvgIpc) is 2.41. The Morgan fingerprint density at radius 3 is 2.14 bits per heavy atom. The minimum absolute atomic E-state index is 0.204. The molecule has 0 radical (unpaired) electrons. The predicted molar refractivity (Wildman–Crippen MR) is 79.1 cm³/mol. The molecule has 0 fully saturated rings. The molecule has 0 spiro atoms. The number of nitrogens with one attached hydrogen (secondary N) is 1. The molecule has 0 rings (SSSR count). The van der Waals surface area contributed by atoms with Gasteiger partial charge in [0.05, 0.1) is 13.0 Å². The van der Waals surface area contributed by atoms with Crippen LogP contribution in [0, 0.1) is 11.8 Å². The monoisotopic (exact) mass is 335 g/mol. The number of aliphatic hydroxyl groups excluding tert-OH is 1. The van der Waals surface area contributed by atoms with E-state index in [-0.39, 0.29) is 11.7 Å². The zero-order valence-corrected chi connectivity index (χ0v) is 13.7. The summed E-state index contributed by atoms with van der Waals surface area (Å²) in [5, 5.41) is 20.5. The van der Waals surface area contributed by atoms with Crippen LogP contribution in [0.3, 0.4) is 0 Å². The lowest BCUT2D eigenvalue weighted by atomic mass is 9.91. The Hall–Kier alpha value is -1.61. The summed E-state index contributed by atoms with van der Waals surface area (Å²) in [5.74, 6) is -4.31. The van der Waals surface area contributed by atoms with E-state index in [9.17, 15) is 24.3 Å². The number of carbonyl (C=O) groups is 4. The van der Waals surface area contributed by atoms with E-state index in [1.165, 1.54) is 6.92 Å². The highest BCUT2D eigenvalue weighted by atomic mass is 32.2. The summed E-state index contributed by atoms with van der Waals surface area (Å²) in [6, 6.07) is -1.23. The first-order valence-electron chi connectivity index (χ1n) is 6.54. The maximum absolute atomic E-state index is 12.1. The Bertz CT molecular complexity index is 438. The van der Waals surface area contributed by atoms with Crippen molar-refractivity contribution < 1.29 is 34.1 Å². The second-order valence-electron chi connectivity index (χ2n) is 4.96. The molecule has 8 nitrogen and oxygen atoms in total. The molecule has 0 aromatic rings. The maximum atomic E-state index is 12.1. The molecule has 0 aliphatic rings. The summed E-state index contributed by atoms with van der Waals surface area (Å²) in [7, 11) is 1.10. The van der Waals surface area contributed by atoms with E-state index in [0.29, 0.717) is 11.8 Å². The van der Waals surface area contributed by atoms with Crippen molar-refractivity contribution in [2.45, 2.75) is 32.9 Å². The molecule has 22 heavy (non-hydrogen) atoms. The number of aliphatic carboxylic acids is 1. The van der Waals surface area contributed by atoms with Gasteiger partial charge in [-0.25, -0.2) is 9.59 Å². The predicted octanol–water partition coefficient (Wildman–Crippen LogP) is -0.358. The van der Waals surface area contributed by atoms with Gasteiger partial charge in [-0.2, -0.15) is 0 Å². The van der Waals surface area contributed by atoms with Crippen LogP contribution >= 0.6 is 11.8 Å². The lowest BCUT2D eigenvalue weighted by molar-refractivity contribution is -0.156. The summed E-state index contributed by atoms with van der Waals surface area (Å²) >= 11 is 0.645. The molecule has 0 aliphatic heterocycles. The number of ether oxygens (including phenoxy) is 1. The molecule has 0 heterocycles. The van der Waals surface area contributed by atoms with Gasteiger partial charge in [0.15, 0.2) is 11.2 Å². The molecule has 126 valence electrons. The van der Waals surface area contributed by atoms with Crippen molar-refractivity contribution >= 4 is 34.7 Å². The molecular formula is C13H21NO7S. The van der Waals surface area contributed by atoms with Gasteiger partial charge in [0.25, 0.3) is 0 Å². The molecule has 3 N–H and O–H groups in total. The fourth-order valence-corrected chi connectivity index (χ4v) is 2.87. The Morgan fingerprint density at radius 2 is 1.77 bits per heavy atom. The van der Waals surface area contributed by atoms with Crippen LogP contribution in [0.1, 0.15) is 20.8 Å². The van der Waals surface area contributed by atoms with Gasteiger partial charge in [-0.1, -0.05) is 25.6 Å². The van der Waals surface area contributed by atoms with Crippen molar-refractivity contribution in [3.63, 3.8) is 0 Å². The maximum Gasteiger partial charge on any atom is 0.335 e. The Balaban J connectivity index is 4.86. The summed E-state index contributed by atoms with van der Waals surface area (Å²) in [6.45, 7) is 4.47. The molecule has 0 bridgehead atoms. The average molecular weight is 335 g/mol. The van der Waals surface area contributed by atoms with Crippen LogP contribution in [0.2, 0.25) is 0 Å². The van der Waals surface area contributed by atoms with Crippen molar-refractivity contribution in [1.29, 1.82) is 0 Å². The molecule has 0 saturated carbocycles. The fraction of sp³-hybridized carbons (Fsp3) is 0.692. The van der Waals surface area contributed by atoms with Crippen LogP contribution < -0.4 is 5.32 Å². The summed E-state index contributed by atoms with van der Waals surface area (Å²) in [5.41, 5.74) is 0. The molecule has 1 amide bonds. The lowest BCUT2D eigenvalue weighted by Gasteiger charge is -2.23. The zero-order chi connectivity index (χ0) is 17.4. The van der Waals surface area contributed by atoms with Gasteiger partial charge < -0.3 is 20.3 Å². The number of hydrogen-bond acceptors (Lipinski definition) is 7. The standard InChI is InChI=1S/C13H21NO7S/c1-6(2)9(10(16)12(19)21-4)13(20)22-5-8(11(17)18)14-7(3)15/h6,8-10,16H,5H2,1-4H3,(H,14,15)(H,17,18)/t8-,9+,10-/m1/s1. The highest BCUT2D eigenvalue weighted by Gasteiger charge is 2.36. The van der Waals surface area contributed by atoms with Crippen LogP contribution in [-0.4, -0.2) is 58.2 Å². The van der Waals surface area contributed by atoms with Gasteiger partial charge >= 0.3 is 11.9 Å². The first-order valence-corrected chi connectivity index (χ1v) is 7.52. The largest absolute Gasteiger partial charge is 0.480 e. The summed E-state index contributed by atoms with van der Waals surface area (Å²) < 4.78 is 4.41. The molecule has 0 unspecified atom stereocenters. The van der Waals surface area contributed by atoms with E-state index in [2.05, 4.69) is 10.1 Å². The Labute approximate surface area is 132 Å². The third kappa shape index (κ3) is 6.44. The number of hydrogen-bond donors (Lipinski definition) is 3. The minimum Gasteiger partial charge on any atom is -0.480 e. The van der Waals surface area contributed by atoms with E-state index >= 15 is 0 Å². The number of esters is 1. The lowest BCUT2D eigenvalue weighted by Crippen LogP contribution is -2.43. The molecular weight excluding hydrogens is 314 g/mol. The fourth-order valence-electron chi connectivity index (χ4n) is 1.71. The first-order chi connectivity index (χ1) is 10.1. The van der Waals surface area contributed by atoms with Crippen molar-refractivity contribution in [3.05, 3.63) is 0 Å². The van der Waals surface area contributed by atoms with Crippen molar-refractivity contribution in [1.82, 2.24) is 5.32 Å². The number of carbonyl (C=O) groups excluding carboxylic acids is 3. The van der Waals surface area contributed by atoms with E-state index < -0.39 is 41.0 Å². The number of carboxylic acid groups (broad SMARTS) is 1. The highest BCUT2D eigenvalue weighted by molar-refractivity contribution is 8.13. The van der Waals surface area contributed by atoms with Gasteiger partial charge in [-0.15, -0.1) is 0 Å². The van der Waals surface area contributed by atoms with Crippen LogP contribution in [0.5, 0.6) is 0 Å².